The van der Waals surface area contributed by atoms with Gasteiger partial charge in [0.2, 0.25) is 15.0 Å². The Morgan fingerprint density at radius 3 is 2.60 bits per heavy atom. The molecule has 0 N–H and O–H groups in total. The molecule has 40 heavy (non-hydrogen) atoms. The number of benzene rings is 2. The summed E-state index contributed by atoms with van der Waals surface area (Å²) in [6.07, 6.45) is 4.42. The first-order valence-corrected chi connectivity index (χ1v) is 14.6. The van der Waals surface area contributed by atoms with Crippen LogP contribution in [0.1, 0.15) is 40.2 Å². The van der Waals surface area contributed by atoms with Crippen LogP contribution in [-0.2, 0) is 40.0 Å². The quantitative estimate of drug-likeness (QED) is 0.261. The van der Waals surface area contributed by atoms with Crippen LogP contribution >= 0.6 is 0 Å². The average molecular weight is 568 g/mol. The van der Waals surface area contributed by atoms with E-state index in [0.29, 0.717) is 29.4 Å². The minimum Gasteiger partial charge on any atom is -0.497 e. The van der Waals surface area contributed by atoms with Crippen LogP contribution in [0.25, 0.3) is 0 Å². The number of halogens is 1. The lowest BCUT2D eigenvalue weighted by Crippen LogP contribution is -2.32. The Labute approximate surface area is 232 Å². The summed E-state index contributed by atoms with van der Waals surface area (Å²) in [4.78, 5) is 19.5. The summed E-state index contributed by atoms with van der Waals surface area (Å²) in [6, 6.07) is 16.0. The van der Waals surface area contributed by atoms with Crippen molar-refractivity contribution in [2.24, 2.45) is 0 Å². The van der Waals surface area contributed by atoms with Gasteiger partial charge < -0.3 is 23.4 Å². The van der Waals surface area contributed by atoms with Crippen LogP contribution in [0.5, 0.6) is 5.75 Å². The van der Waals surface area contributed by atoms with Crippen LogP contribution in [0.2, 0.25) is 0 Å². The zero-order chi connectivity index (χ0) is 28.1. The minimum absolute atomic E-state index is 0.0561. The molecule has 5 rings (SSSR count). The number of imidazole rings is 1. The maximum Gasteiger partial charge on any atom is 0.254 e. The standard InChI is InChI=1S/C29H30FN3O6S/c1-37-24-12-10-21(11-13-24)28(34)32(18-25-7-4-14-38-25)17-23-16-31-29(33(23)19-26-8-5-15-39-26)40(35,36)20-22-6-2-3-9-27(22)30/h2-4,6-7,9-14,16,26H,5,8,15,17-20H2,1H3. The molecule has 1 fully saturated rings. The summed E-state index contributed by atoms with van der Waals surface area (Å²) in [7, 11) is -2.48. The second kappa shape index (κ2) is 12.1. The van der Waals surface area contributed by atoms with E-state index >= 15 is 0 Å². The van der Waals surface area contributed by atoms with Crippen molar-refractivity contribution in [1.29, 1.82) is 0 Å². The molecule has 1 saturated heterocycles. The highest BCUT2D eigenvalue weighted by Crippen LogP contribution is 2.25. The largest absolute Gasteiger partial charge is 0.497 e. The van der Waals surface area contributed by atoms with Crippen molar-refractivity contribution in [3.05, 3.63) is 102 Å². The Morgan fingerprint density at radius 2 is 1.93 bits per heavy atom. The van der Waals surface area contributed by atoms with E-state index < -0.39 is 21.4 Å². The summed E-state index contributed by atoms with van der Waals surface area (Å²) < 4.78 is 59.5. The van der Waals surface area contributed by atoms with Gasteiger partial charge in [-0.2, -0.15) is 0 Å². The maximum atomic E-state index is 14.3. The van der Waals surface area contributed by atoms with Crippen LogP contribution in [0, 0.1) is 5.82 Å². The molecule has 1 aliphatic rings. The molecule has 2 aromatic carbocycles. The molecule has 3 heterocycles. The van der Waals surface area contributed by atoms with Crippen molar-refractivity contribution in [3.63, 3.8) is 0 Å². The zero-order valence-electron chi connectivity index (χ0n) is 22.0. The first-order chi connectivity index (χ1) is 19.3. The number of ether oxygens (including phenoxy) is 2. The number of nitrogens with zero attached hydrogens (tertiary/aromatic N) is 3. The first-order valence-electron chi connectivity index (χ1n) is 12.9. The number of furan rings is 1. The highest BCUT2D eigenvalue weighted by Gasteiger charge is 2.29. The Bertz CT molecular complexity index is 1540. The fourth-order valence-electron chi connectivity index (χ4n) is 4.74. The van der Waals surface area contributed by atoms with E-state index in [9.17, 15) is 17.6 Å². The van der Waals surface area contributed by atoms with E-state index in [1.54, 1.807) is 59.0 Å². The predicted molar refractivity (Wildman–Crippen MR) is 144 cm³/mol. The molecule has 0 saturated carbocycles. The van der Waals surface area contributed by atoms with Gasteiger partial charge in [-0.05, 0) is 55.3 Å². The van der Waals surface area contributed by atoms with Gasteiger partial charge in [-0.3, -0.25) is 4.79 Å². The second-order valence-corrected chi connectivity index (χ2v) is 11.5. The van der Waals surface area contributed by atoms with Gasteiger partial charge in [-0.1, -0.05) is 18.2 Å². The fourth-order valence-corrected chi connectivity index (χ4v) is 6.25. The average Bonchev–Trinajstić information content (AvgIpc) is 3.73. The number of sulfone groups is 1. The Balaban J connectivity index is 1.49. The van der Waals surface area contributed by atoms with Gasteiger partial charge in [-0.25, -0.2) is 17.8 Å². The molecule has 1 aliphatic heterocycles. The lowest BCUT2D eigenvalue weighted by Gasteiger charge is -2.24. The molecule has 4 aromatic rings. The van der Waals surface area contributed by atoms with E-state index in [1.165, 1.54) is 30.7 Å². The van der Waals surface area contributed by atoms with E-state index in [0.717, 1.165) is 12.8 Å². The molecule has 0 spiro atoms. The number of amides is 1. The number of hydrogen-bond acceptors (Lipinski definition) is 7. The Kier molecular flexibility index (Phi) is 8.32. The molecule has 210 valence electrons. The van der Waals surface area contributed by atoms with Gasteiger partial charge in [0.25, 0.3) is 5.91 Å². The second-order valence-electron chi connectivity index (χ2n) is 9.60. The van der Waals surface area contributed by atoms with E-state index in [1.807, 2.05) is 0 Å². The summed E-state index contributed by atoms with van der Waals surface area (Å²) >= 11 is 0. The van der Waals surface area contributed by atoms with Gasteiger partial charge in [0, 0.05) is 17.7 Å². The van der Waals surface area contributed by atoms with E-state index in [2.05, 4.69) is 4.98 Å². The van der Waals surface area contributed by atoms with Gasteiger partial charge in [0.05, 0.1) is 56.8 Å². The monoisotopic (exact) mass is 567 g/mol. The third kappa shape index (κ3) is 6.26. The molecule has 11 heteroatoms. The van der Waals surface area contributed by atoms with Gasteiger partial charge in [0.1, 0.15) is 17.3 Å². The molecule has 1 amide bonds. The Hall–Kier alpha value is -3.96. The number of carbonyl (C=O) groups excluding carboxylic acids is 1. The fraction of sp³-hybridized carbons (Fsp3) is 0.310. The third-order valence-electron chi connectivity index (χ3n) is 6.80. The van der Waals surface area contributed by atoms with Crippen molar-refractivity contribution in [3.8, 4) is 5.75 Å². The van der Waals surface area contributed by atoms with E-state index in [-0.39, 0.29) is 42.4 Å². The number of rotatable bonds is 11. The molecule has 0 bridgehead atoms. The molecule has 0 aliphatic carbocycles. The highest BCUT2D eigenvalue weighted by atomic mass is 32.2. The number of methoxy groups -OCH3 is 1. The molecule has 1 atom stereocenters. The number of hydrogen-bond donors (Lipinski definition) is 0. The van der Waals surface area contributed by atoms with Gasteiger partial charge >= 0.3 is 0 Å². The summed E-state index contributed by atoms with van der Waals surface area (Å²) in [5.41, 5.74) is 1.01. The first kappa shape index (κ1) is 27.6. The van der Waals surface area contributed by atoms with Crippen LogP contribution in [0.3, 0.4) is 0 Å². The van der Waals surface area contributed by atoms with Crippen molar-refractivity contribution in [1.82, 2.24) is 14.5 Å². The van der Waals surface area contributed by atoms with Crippen molar-refractivity contribution in [2.45, 2.75) is 49.5 Å². The topological polar surface area (TPSA) is 104 Å². The third-order valence-corrected chi connectivity index (χ3v) is 8.37. The highest BCUT2D eigenvalue weighted by molar-refractivity contribution is 7.90. The molecular weight excluding hydrogens is 537 g/mol. The van der Waals surface area contributed by atoms with Crippen LogP contribution in [0.15, 0.2) is 82.7 Å². The number of carbonyl (C=O) groups is 1. The minimum atomic E-state index is -4.03. The normalized spacial score (nSPS) is 15.3. The van der Waals surface area contributed by atoms with Crippen molar-refractivity contribution < 1.29 is 31.5 Å². The van der Waals surface area contributed by atoms with Crippen LogP contribution in [-0.4, -0.2) is 48.6 Å². The van der Waals surface area contributed by atoms with Crippen molar-refractivity contribution in [2.75, 3.05) is 13.7 Å². The van der Waals surface area contributed by atoms with Crippen molar-refractivity contribution >= 4 is 15.7 Å². The lowest BCUT2D eigenvalue weighted by atomic mass is 10.1. The smallest absolute Gasteiger partial charge is 0.254 e. The molecular formula is C29H30FN3O6S. The Morgan fingerprint density at radius 1 is 1.12 bits per heavy atom. The van der Waals surface area contributed by atoms with Gasteiger partial charge in [-0.15, -0.1) is 0 Å². The summed E-state index contributed by atoms with van der Waals surface area (Å²) in [5.74, 6) is -0.228. The lowest BCUT2D eigenvalue weighted by molar-refractivity contribution is 0.0706. The molecule has 1 unspecified atom stereocenters. The SMILES string of the molecule is COc1ccc(C(=O)N(Cc2ccco2)Cc2cnc(S(=O)(=O)Cc3ccccc3F)n2CC2CCCO2)cc1. The zero-order valence-corrected chi connectivity index (χ0v) is 22.8. The predicted octanol–water partition coefficient (Wildman–Crippen LogP) is 4.62. The molecule has 2 aromatic heterocycles. The summed E-state index contributed by atoms with van der Waals surface area (Å²) in [5, 5.41) is -0.184. The maximum absolute atomic E-state index is 14.3. The summed E-state index contributed by atoms with van der Waals surface area (Å²) in [6.45, 7) is 1.04. The van der Waals surface area contributed by atoms with Gasteiger partial charge in [0.15, 0.2) is 0 Å². The number of aromatic nitrogens is 2. The van der Waals surface area contributed by atoms with E-state index in [4.69, 9.17) is 13.9 Å². The molecule has 0 radical (unpaired) electrons. The molecule has 9 nitrogen and oxygen atoms in total. The van der Waals surface area contributed by atoms with Crippen LogP contribution < -0.4 is 4.74 Å². The van der Waals surface area contributed by atoms with Crippen LogP contribution in [0.4, 0.5) is 4.39 Å².